The van der Waals surface area contributed by atoms with E-state index >= 15 is 0 Å². The highest BCUT2D eigenvalue weighted by atomic mass is 32.2. The van der Waals surface area contributed by atoms with Crippen LogP contribution in [0, 0.1) is 18.0 Å². The van der Waals surface area contributed by atoms with Crippen LogP contribution in [0.4, 0.5) is 13.2 Å². The van der Waals surface area contributed by atoms with Gasteiger partial charge in [0.2, 0.25) is 11.9 Å². The van der Waals surface area contributed by atoms with Gasteiger partial charge in [-0.25, -0.2) is 0 Å². The lowest BCUT2D eigenvalue weighted by atomic mass is 10.6. The van der Waals surface area contributed by atoms with Gasteiger partial charge in [0.1, 0.15) is 4.90 Å². The molecule has 0 fully saturated rings. The van der Waals surface area contributed by atoms with Crippen LogP contribution in [-0.4, -0.2) is 16.2 Å². The largest absolute Gasteiger partial charge is 0.314 e. The fourth-order valence-electron chi connectivity index (χ4n) is 0.542. The highest BCUT2D eigenvalue weighted by molar-refractivity contribution is 7.98. The molecule has 0 aliphatic carbocycles. The van der Waals surface area contributed by atoms with Gasteiger partial charge in [-0.3, -0.25) is 0 Å². The van der Waals surface area contributed by atoms with Crippen LogP contribution in [0.25, 0.3) is 0 Å². The molecule has 0 N–H and O–H groups in total. The van der Waals surface area contributed by atoms with Crippen LogP contribution < -0.4 is 0 Å². The molecule has 0 aliphatic rings. The van der Waals surface area contributed by atoms with E-state index in [0.29, 0.717) is 0 Å². The molecule has 0 radical (unpaired) electrons. The van der Waals surface area contributed by atoms with Crippen molar-refractivity contribution < 1.29 is 13.2 Å². The molecule has 0 unspecified atom stereocenters. The number of thioether (sulfide) groups is 1. The molecular weight excluding hydrogens is 177 g/mol. The molecule has 1 aromatic heterocycles. The maximum Gasteiger partial charge on any atom is 0.314 e. The molecule has 0 spiro atoms. The first-order valence-corrected chi connectivity index (χ1v) is 3.80. The van der Waals surface area contributed by atoms with Crippen molar-refractivity contribution in [3.05, 3.63) is 18.0 Å². The lowest BCUT2D eigenvalue weighted by Crippen LogP contribution is -2.00. The molecule has 0 amide bonds. The predicted molar refractivity (Wildman–Crippen MR) is 33.7 cm³/mol. The van der Waals surface area contributed by atoms with E-state index in [1.807, 2.05) is 0 Å². The van der Waals surface area contributed by atoms with Crippen LogP contribution in [0.3, 0.4) is 0 Å². The summed E-state index contributed by atoms with van der Waals surface area (Å²) in [6.45, 7) is 0. The van der Waals surface area contributed by atoms with E-state index in [1.165, 1.54) is 6.26 Å². The van der Waals surface area contributed by atoms with Gasteiger partial charge in [0.05, 0.1) is 0 Å². The van der Waals surface area contributed by atoms with Crippen molar-refractivity contribution in [2.24, 2.45) is 0 Å². The minimum atomic E-state index is -1.39. The third kappa shape index (κ3) is 1.62. The number of hydrogen-bond donors (Lipinski definition) is 0. The van der Waals surface area contributed by atoms with E-state index < -0.39 is 18.0 Å². The molecule has 1 heterocycles. The van der Waals surface area contributed by atoms with Crippen LogP contribution in [0.15, 0.2) is 4.90 Å². The van der Waals surface area contributed by atoms with E-state index in [2.05, 4.69) is 9.97 Å². The van der Waals surface area contributed by atoms with Gasteiger partial charge in [0.25, 0.3) is 0 Å². The molecular formula is C5H3F3N2S. The van der Waals surface area contributed by atoms with Crippen molar-refractivity contribution in [3.63, 3.8) is 0 Å². The smallest absolute Gasteiger partial charge is 0.183 e. The van der Waals surface area contributed by atoms with Gasteiger partial charge >= 0.3 is 6.08 Å². The van der Waals surface area contributed by atoms with Gasteiger partial charge in [-0.2, -0.15) is 23.1 Å². The minimum absolute atomic E-state index is 0.369. The van der Waals surface area contributed by atoms with Gasteiger partial charge in [-0.05, 0) is 6.26 Å². The Kier molecular flexibility index (Phi) is 2.33. The number of halogens is 3. The van der Waals surface area contributed by atoms with Gasteiger partial charge in [-0.1, -0.05) is 0 Å². The Morgan fingerprint density at radius 3 is 1.91 bits per heavy atom. The first-order chi connectivity index (χ1) is 5.15. The van der Waals surface area contributed by atoms with Crippen LogP contribution in [0.2, 0.25) is 0 Å². The monoisotopic (exact) mass is 180 g/mol. The van der Waals surface area contributed by atoms with Crippen LogP contribution in [0.5, 0.6) is 0 Å². The molecule has 6 heteroatoms. The highest BCUT2D eigenvalue weighted by Gasteiger charge is 2.12. The van der Waals surface area contributed by atoms with Crippen molar-refractivity contribution in [1.82, 2.24) is 9.97 Å². The second-order valence-electron chi connectivity index (χ2n) is 1.61. The molecule has 0 aromatic carbocycles. The summed E-state index contributed by atoms with van der Waals surface area (Å²) >= 11 is 0.789. The van der Waals surface area contributed by atoms with Crippen molar-refractivity contribution in [1.29, 1.82) is 0 Å². The number of aromatic nitrogens is 2. The molecule has 11 heavy (non-hydrogen) atoms. The molecule has 1 aromatic rings. The van der Waals surface area contributed by atoms with Gasteiger partial charge < -0.3 is 0 Å². The quantitative estimate of drug-likeness (QED) is 0.373. The topological polar surface area (TPSA) is 25.8 Å². The fourth-order valence-corrected chi connectivity index (χ4v) is 0.970. The van der Waals surface area contributed by atoms with Gasteiger partial charge in [-0.15, -0.1) is 11.8 Å². The molecule has 0 bridgehead atoms. The zero-order chi connectivity index (χ0) is 8.43. The SMILES string of the molecule is CSc1c(F)nc(F)nc1F. The Labute approximate surface area is 64.9 Å². The zero-order valence-corrected chi connectivity index (χ0v) is 6.25. The van der Waals surface area contributed by atoms with E-state index in [9.17, 15) is 13.2 Å². The van der Waals surface area contributed by atoms with E-state index in [1.54, 1.807) is 0 Å². The summed E-state index contributed by atoms with van der Waals surface area (Å²) in [6, 6.07) is 0. The molecule has 2 nitrogen and oxygen atoms in total. The van der Waals surface area contributed by atoms with E-state index in [4.69, 9.17) is 0 Å². The summed E-state index contributed by atoms with van der Waals surface area (Å²) in [5.74, 6) is -2.33. The summed E-state index contributed by atoms with van der Waals surface area (Å²) in [4.78, 5) is 5.03. The van der Waals surface area contributed by atoms with Gasteiger partial charge in [0.15, 0.2) is 0 Å². The molecule has 0 saturated heterocycles. The third-order valence-corrected chi connectivity index (χ3v) is 1.70. The van der Waals surface area contributed by atoms with Crippen molar-refractivity contribution >= 4 is 11.8 Å². The normalized spacial score (nSPS) is 10.2. The number of nitrogens with zero attached hydrogens (tertiary/aromatic N) is 2. The van der Waals surface area contributed by atoms with Crippen LogP contribution in [-0.2, 0) is 0 Å². The average Bonchev–Trinajstić information content (AvgIpc) is 1.85. The molecule has 60 valence electrons. The summed E-state index contributed by atoms with van der Waals surface area (Å²) in [7, 11) is 0. The highest BCUT2D eigenvalue weighted by Crippen LogP contribution is 2.19. The second-order valence-corrected chi connectivity index (χ2v) is 2.42. The maximum atomic E-state index is 12.5. The fraction of sp³-hybridized carbons (Fsp3) is 0.200. The van der Waals surface area contributed by atoms with E-state index in [0.717, 1.165) is 11.8 Å². The summed E-state index contributed by atoms with van der Waals surface area (Å²) < 4.78 is 37.0. The van der Waals surface area contributed by atoms with Crippen molar-refractivity contribution in [2.45, 2.75) is 4.90 Å². The molecule has 0 atom stereocenters. The minimum Gasteiger partial charge on any atom is -0.183 e. The van der Waals surface area contributed by atoms with Gasteiger partial charge in [0, 0.05) is 0 Å². The second kappa shape index (κ2) is 3.08. The summed E-state index contributed by atoms with van der Waals surface area (Å²) in [6.07, 6.45) is 0.0563. The summed E-state index contributed by atoms with van der Waals surface area (Å²) in [5.41, 5.74) is 0. The predicted octanol–water partition coefficient (Wildman–Crippen LogP) is 1.62. The summed E-state index contributed by atoms with van der Waals surface area (Å²) in [5, 5.41) is 0. The number of rotatable bonds is 1. The van der Waals surface area contributed by atoms with E-state index in [-0.39, 0.29) is 4.90 Å². The Hall–Kier alpha value is -0.780. The molecule has 1 rings (SSSR count). The lowest BCUT2D eigenvalue weighted by molar-refractivity contribution is 0.412. The Morgan fingerprint density at radius 1 is 1.09 bits per heavy atom. The van der Waals surface area contributed by atoms with Crippen LogP contribution >= 0.6 is 11.8 Å². The first kappa shape index (κ1) is 8.32. The third-order valence-electron chi connectivity index (χ3n) is 0.960. The average molecular weight is 180 g/mol. The zero-order valence-electron chi connectivity index (χ0n) is 5.44. The van der Waals surface area contributed by atoms with Crippen LogP contribution in [0.1, 0.15) is 0 Å². The maximum absolute atomic E-state index is 12.5. The van der Waals surface area contributed by atoms with Crippen molar-refractivity contribution in [2.75, 3.05) is 6.26 Å². The Morgan fingerprint density at radius 2 is 1.55 bits per heavy atom. The molecule has 0 aliphatic heterocycles. The Bertz CT molecular complexity index is 255. The standard InChI is InChI=1S/C5H3F3N2S/c1-11-2-3(6)9-5(8)10-4(2)7/h1H3. The van der Waals surface area contributed by atoms with Crippen molar-refractivity contribution in [3.8, 4) is 0 Å². The first-order valence-electron chi connectivity index (χ1n) is 2.57. The Balaban J connectivity index is 3.25. The lowest BCUT2D eigenvalue weighted by Gasteiger charge is -1.97. The molecule has 0 saturated carbocycles. The number of hydrogen-bond acceptors (Lipinski definition) is 3.